The molecule has 3 N–H and O–H groups in total. The third-order valence-corrected chi connectivity index (χ3v) is 7.03. The van der Waals surface area contributed by atoms with E-state index in [2.05, 4.69) is 20.7 Å². The number of methoxy groups -OCH3 is 3. The van der Waals surface area contributed by atoms with Gasteiger partial charge in [0.25, 0.3) is 0 Å². The smallest absolute Gasteiger partial charge is 0.323 e. The molecular formula is C31H38N4O6. The van der Waals surface area contributed by atoms with Gasteiger partial charge in [-0.05, 0) is 80.9 Å². The zero-order valence-corrected chi connectivity index (χ0v) is 24.0. The molecule has 1 saturated heterocycles. The second-order valence-corrected chi connectivity index (χ2v) is 9.71. The summed E-state index contributed by atoms with van der Waals surface area (Å²) < 4.78 is 22.6. The van der Waals surface area contributed by atoms with Crippen molar-refractivity contribution in [2.75, 3.05) is 58.2 Å². The molecule has 1 fully saturated rings. The molecule has 0 atom stereocenters. The van der Waals surface area contributed by atoms with Crippen molar-refractivity contribution in [1.82, 2.24) is 4.90 Å². The topological polar surface area (TPSA) is 114 Å². The third kappa shape index (κ3) is 7.61. The third-order valence-electron chi connectivity index (χ3n) is 7.03. The Morgan fingerprint density at radius 3 is 2.24 bits per heavy atom. The fraction of sp³-hybridized carbons (Fsp3) is 0.355. The van der Waals surface area contributed by atoms with E-state index in [9.17, 15) is 10.0 Å². The molecule has 2 amide bonds. The highest BCUT2D eigenvalue weighted by Crippen LogP contribution is 2.42. The Labute approximate surface area is 240 Å². The number of hydrogen-bond acceptors (Lipinski definition) is 8. The maximum absolute atomic E-state index is 12.9. The van der Waals surface area contributed by atoms with Crippen molar-refractivity contribution in [3.8, 4) is 34.1 Å². The number of nitrogens with one attached hydrogen (secondary N) is 2. The molecule has 10 heteroatoms. The lowest BCUT2D eigenvalue weighted by Crippen LogP contribution is -2.33. The van der Waals surface area contributed by atoms with Gasteiger partial charge in [-0.3, -0.25) is 4.90 Å². The Morgan fingerprint density at radius 2 is 1.59 bits per heavy atom. The van der Waals surface area contributed by atoms with Gasteiger partial charge in [-0.1, -0.05) is 17.6 Å². The number of piperidine rings is 1. The van der Waals surface area contributed by atoms with Crippen LogP contribution in [0.2, 0.25) is 0 Å². The summed E-state index contributed by atoms with van der Waals surface area (Å²) in [7, 11) is 4.63. The van der Waals surface area contributed by atoms with Gasteiger partial charge in [0, 0.05) is 35.1 Å². The Kier molecular flexibility index (Phi) is 10.3. The first kappa shape index (κ1) is 29.5. The lowest BCUT2D eigenvalue weighted by molar-refractivity contribution is 0.183. The van der Waals surface area contributed by atoms with Crippen molar-refractivity contribution in [2.24, 2.45) is 5.16 Å². The van der Waals surface area contributed by atoms with E-state index < -0.39 is 6.03 Å². The summed E-state index contributed by atoms with van der Waals surface area (Å²) in [6, 6.07) is 15.8. The number of anilines is 2. The lowest BCUT2D eigenvalue weighted by atomic mass is 9.99. The fourth-order valence-corrected chi connectivity index (χ4v) is 4.87. The van der Waals surface area contributed by atoms with E-state index in [-0.39, 0.29) is 0 Å². The van der Waals surface area contributed by atoms with Gasteiger partial charge in [-0.2, -0.15) is 0 Å². The maximum Gasteiger partial charge on any atom is 0.323 e. The van der Waals surface area contributed by atoms with Gasteiger partial charge in [0.1, 0.15) is 18.1 Å². The number of hydrogen-bond donors (Lipinski definition) is 3. The number of ether oxygens (including phenoxy) is 4. The zero-order valence-electron chi connectivity index (χ0n) is 24.0. The lowest BCUT2D eigenvalue weighted by Gasteiger charge is -2.26. The number of likely N-dealkylation sites (tertiary alicyclic amines) is 1. The minimum absolute atomic E-state index is 0.412. The summed E-state index contributed by atoms with van der Waals surface area (Å²) in [6.07, 6.45) is 3.84. The van der Waals surface area contributed by atoms with Crippen molar-refractivity contribution in [1.29, 1.82) is 0 Å². The number of oxime groups is 1. The molecule has 0 saturated carbocycles. The average molecular weight is 563 g/mol. The first-order valence-corrected chi connectivity index (χ1v) is 13.6. The predicted octanol–water partition coefficient (Wildman–Crippen LogP) is 6.09. The highest BCUT2D eigenvalue weighted by Gasteiger charge is 2.18. The molecule has 41 heavy (non-hydrogen) atoms. The molecule has 1 aliphatic rings. The van der Waals surface area contributed by atoms with Gasteiger partial charge >= 0.3 is 6.03 Å². The Balaban J connectivity index is 1.45. The van der Waals surface area contributed by atoms with E-state index in [4.69, 9.17) is 18.9 Å². The number of urea groups is 1. The normalized spacial score (nSPS) is 13.8. The first-order chi connectivity index (χ1) is 19.9. The largest absolute Gasteiger partial charge is 0.496 e. The molecule has 10 nitrogen and oxygen atoms in total. The molecule has 4 rings (SSSR count). The second kappa shape index (κ2) is 14.3. The summed E-state index contributed by atoms with van der Waals surface area (Å²) in [5.74, 6) is 2.23. The summed E-state index contributed by atoms with van der Waals surface area (Å²) in [5.41, 5.74) is 3.64. The van der Waals surface area contributed by atoms with E-state index in [1.807, 2.05) is 18.2 Å². The number of amides is 2. The number of nitrogens with zero attached hydrogens (tertiary/aromatic N) is 2. The molecule has 0 aromatic heterocycles. The molecule has 0 spiro atoms. The molecule has 218 valence electrons. The number of carbonyl (C=O) groups is 1. The second-order valence-electron chi connectivity index (χ2n) is 9.71. The summed E-state index contributed by atoms with van der Waals surface area (Å²) in [4.78, 5) is 15.3. The van der Waals surface area contributed by atoms with E-state index in [1.165, 1.54) is 26.4 Å². The van der Waals surface area contributed by atoms with Crippen molar-refractivity contribution in [3.63, 3.8) is 0 Å². The van der Waals surface area contributed by atoms with Gasteiger partial charge in [-0.25, -0.2) is 4.79 Å². The van der Waals surface area contributed by atoms with Crippen LogP contribution in [0.25, 0.3) is 11.1 Å². The molecule has 3 aromatic rings. The van der Waals surface area contributed by atoms with Crippen LogP contribution < -0.4 is 29.6 Å². The highest BCUT2D eigenvalue weighted by molar-refractivity contribution is 6.02. The quantitative estimate of drug-likeness (QED) is 0.147. The van der Waals surface area contributed by atoms with Gasteiger partial charge < -0.3 is 34.8 Å². The SMILES string of the molecule is COc1cc(-c2cc(NC(=O)Nc3ccc(OCCN4CCCCC4)cc3)cc(OC)c2OC)ccc1/C(C)=N/O. The number of rotatable bonds is 11. The van der Waals surface area contributed by atoms with Crippen molar-refractivity contribution < 1.29 is 28.9 Å². The van der Waals surface area contributed by atoms with Crippen LogP contribution in [0.4, 0.5) is 16.2 Å². The van der Waals surface area contributed by atoms with Crippen LogP contribution in [0.3, 0.4) is 0 Å². The van der Waals surface area contributed by atoms with Crippen LogP contribution in [0.5, 0.6) is 23.0 Å². The van der Waals surface area contributed by atoms with Crippen LogP contribution in [0, 0.1) is 0 Å². The van der Waals surface area contributed by atoms with Gasteiger partial charge in [0.2, 0.25) is 0 Å². The van der Waals surface area contributed by atoms with Crippen LogP contribution in [0.15, 0.2) is 59.8 Å². The van der Waals surface area contributed by atoms with Gasteiger partial charge in [0.15, 0.2) is 11.5 Å². The van der Waals surface area contributed by atoms with E-state index in [1.54, 1.807) is 57.5 Å². The molecule has 0 unspecified atom stereocenters. The van der Waals surface area contributed by atoms with Crippen LogP contribution >= 0.6 is 0 Å². The molecule has 3 aromatic carbocycles. The van der Waals surface area contributed by atoms with Crippen LogP contribution in [0.1, 0.15) is 31.7 Å². The summed E-state index contributed by atoms with van der Waals surface area (Å²) >= 11 is 0. The highest BCUT2D eigenvalue weighted by atomic mass is 16.5. The molecule has 0 aliphatic carbocycles. The van der Waals surface area contributed by atoms with Gasteiger partial charge in [0.05, 0.1) is 27.0 Å². The van der Waals surface area contributed by atoms with Crippen molar-refractivity contribution in [3.05, 3.63) is 60.2 Å². The average Bonchev–Trinajstić information content (AvgIpc) is 3.01. The monoisotopic (exact) mass is 562 g/mol. The first-order valence-electron chi connectivity index (χ1n) is 13.6. The number of benzene rings is 3. The van der Waals surface area contributed by atoms with E-state index in [0.717, 1.165) is 30.9 Å². The Bertz CT molecular complexity index is 1350. The van der Waals surface area contributed by atoms with Crippen molar-refractivity contribution in [2.45, 2.75) is 26.2 Å². The zero-order chi connectivity index (χ0) is 29.2. The summed E-state index contributed by atoms with van der Waals surface area (Å²) in [5, 5.41) is 18.2. The molecule has 0 radical (unpaired) electrons. The van der Waals surface area contributed by atoms with Gasteiger partial charge in [-0.15, -0.1) is 0 Å². The Morgan fingerprint density at radius 1 is 0.878 bits per heavy atom. The molecular weight excluding hydrogens is 524 g/mol. The standard InChI is InChI=1S/C31H38N4O6/c1-21(34-37)26-13-8-22(18-28(26)38-2)27-19-24(20-29(39-3)30(27)40-4)33-31(36)32-23-9-11-25(12-10-23)41-17-16-35-14-6-5-7-15-35/h8-13,18-20,37H,5-7,14-17H2,1-4H3,(H2,32,33,36)/b34-21+. The maximum atomic E-state index is 12.9. The number of carbonyl (C=O) groups excluding carboxylic acids is 1. The van der Waals surface area contributed by atoms with E-state index >= 15 is 0 Å². The molecule has 0 bridgehead atoms. The minimum atomic E-state index is -0.412. The summed E-state index contributed by atoms with van der Waals surface area (Å²) in [6.45, 7) is 5.52. The molecule has 1 aliphatic heterocycles. The molecule has 1 heterocycles. The predicted molar refractivity (Wildman–Crippen MR) is 160 cm³/mol. The van der Waals surface area contributed by atoms with E-state index in [0.29, 0.717) is 52.1 Å². The van der Waals surface area contributed by atoms with Crippen LogP contribution in [-0.4, -0.2) is 69.4 Å². The Hall–Kier alpha value is -4.44. The van der Waals surface area contributed by atoms with Crippen molar-refractivity contribution >= 4 is 23.1 Å². The minimum Gasteiger partial charge on any atom is -0.496 e. The van der Waals surface area contributed by atoms with Crippen LogP contribution in [-0.2, 0) is 0 Å². The fourth-order valence-electron chi connectivity index (χ4n) is 4.87.